The topological polar surface area (TPSA) is 32.3 Å². The van der Waals surface area contributed by atoms with Crippen LogP contribution in [0, 0.1) is 5.92 Å². The van der Waals surface area contributed by atoms with E-state index in [1.54, 1.807) is 0 Å². The highest BCUT2D eigenvalue weighted by atomic mass is 16.2. The number of hydrogen-bond donors (Lipinski definition) is 1. The Balaban J connectivity index is 1.52. The van der Waals surface area contributed by atoms with Crippen molar-refractivity contribution in [2.24, 2.45) is 5.92 Å². The van der Waals surface area contributed by atoms with Gasteiger partial charge < -0.3 is 5.32 Å². The molecule has 0 bridgehead atoms. The molecule has 0 atom stereocenters. The minimum atomic E-state index is -0.566. The number of amides is 1. The van der Waals surface area contributed by atoms with E-state index in [-0.39, 0.29) is 5.91 Å². The maximum atomic E-state index is 12.9. The average molecular weight is 348 g/mol. The fraction of sp³-hybridized carbons (Fsp3) is 0.435. The number of carbonyl (C=O) groups is 1. The van der Waals surface area contributed by atoms with Gasteiger partial charge in [-0.3, -0.25) is 9.69 Å². The van der Waals surface area contributed by atoms with Crippen LogP contribution in [0.4, 0.5) is 5.69 Å². The molecule has 1 aliphatic heterocycles. The lowest BCUT2D eigenvalue weighted by atomic mass is 9.81. The van der Waals surface area contributed by atoms with Crippen molar-refractivity contribution in [2.45, 2.75) is 45.1 Å². The third-order valence-electron chi connectivity index (χ3n) is 5.83. The summed E-state index contributed by atoms with van der Waals surface area (Å²) in [5, 5.41) is 3.05. The maximum Gasteiger partial charge on any atom is 0.234 e. The highest BCUT2D eigenvalue weighted by Crippen LogP contribution is 2.33. The minimum absolute atomic E-state index is 0.0364. The quantitative estimate of drug-likeness (QED) is 0.870. The zero-order valence-electron chi connectivity index (χ0n) is 15.8. The molecule has 2 aromatic carbocycles. The first kappa shape index (κ1) is 17.3. The van der Waals surface area contributed by atoms with Crippen LogP contribution in [0.3, 0.4) is 0 Å². The van der Waals surface area contributed by atoms with Crippen molar-refractivity contribution in [1.82, 2.24) is 4.90 Å². The fourth-order valence-corrected chi connectivity index (χ4v) is 3.77. The molecule has 1 amide bonds. The molecule has 1 N–H and O–H groups in total. The molecule has 136 valence electrons. The molecule has 4 rings (SSSR count). The second kappa shape index (κ2) is 6.88. The van der Waals surface area contributed by atoms with E-state index < -0.39 is 5.41 Å². The molecule has 0 aromatic heterocycles. The van der Waals surface area contributed by atoms with E-state index in [4.69, 9.17) is 0 Å². The Morgan fingerprint density at radius 2 is 1.88 bits per heavy atom. The Kier molecular flexibility index (Phi) is 4.58. The van der Waals surface area contributed by atoms with Gasteiger partial charge >= 0.3 is 0 Å². The van der Waals surface area contributed by atoms with Crippen molar-refractivity contribution >= 4 is 11.6 Å². The second-order valence-electron chi connectivity index (χ2n) is 8.36. The predicted octanol–water partition coefficient (Wildman–Crippen LogP) is 4.37. The summed E-state index contributed by atoms with van der Waals surface area (Å²) < 4.78 is 0. The van der Waals surface area contributed by atoms with Crippen LogP contribution in [0.5, 0.6) is 0 Å². The van der Waals surface area contributed by atoms with Crippen LogP contribution >= 0.6 is 0 Å². The van der Waals surface area contributed by atoms with E-state index >= 15 is 0 Å². The first-order chi connectivity index (χ1) is 12.5. The van der Waals surface area contributed by atoms with Crippen molar-refractivity contribution in [2.75, 3.05) is 18.4 Å². The summed E-state index contributed by atoms with van der Waals surface area (Å²) in [5.74, 6) is 0.960. The molecule has 1 aliphatic carbocycles. The predicted molar refractivity (Wildman–Crippen MR) is 106 cm³/mol. The van der Waals surface area contributed by atoms with Crippen molar-refractivity contribution in [1.29, 1.82) is 0 Å². The fourth-order valence-electron chi connectivity index (χ4n) is 3.77. The van der Waals surface area contributed by atoms with Gasteiger partial charge in [-0.1, -0.05) is 36.4 Å². The molecule has 1 saturated carbocycles. The third kappa shape index (κ3) is 3.68. The molecule has 3 nitrogen and oxygen atoms in total. The average Bonchev–Trinajstić information content (AvgIpc) is 3.46. The van der Waals surface area contributed by atoms with Crippen molar-refractivity contribution < 1.29 is 4.79 Å². The largest absolute Gasteiger partial charge is 0.325 e. The molecule has 1 fully saturated rings. The van der Waals surface area contributed by atoms with E-state index in [0.717, 1.165) is 30.1 Å². The van der Waals surface area contributed by atoms with Gasteiger partial charge in [-0.2, -0.15) is 0 Å². The van der Waals surface area contributed by atoms with Gasteiger partial charge in [0.05, 0.1) is 5.41 Å². The third-order valence-corrected chi connectivity index (χ3v) is 5.83. The molecule has 0 spiro atoms. The van der Waals surface area contributed by atoms with Crippen LogP contribution in [0.2, 0.25) is 0 Å². The molecule has 0 unspecified atom stereocenters. The van der Waals surface area contributed by atoms with E-state index in [1.165, 1.54) is 37.1 Å². The number of anilines is 1. The van der Waals surface area contributed by atoms with Crippen LogP contribution in [0.1, 0.15) is 43.4 Å². The summed E-state index contributed by atoms with van der Waals surface area (Å²) in [7, 11) is 0. The molecule has 1 heterocycles. The second-order valence-corrected chi connectivity index (χ2v) is 8.36. The number of rotatable bonds is 5. The van der Waals surface area contributed by atoms with Crippen LogP contribution < -0.4 is 5.32 Å². The molecule has 2 aliphatic rings. The van der Waals surface area contributed by atoms with E-state index in [0.29, 0.717) is 0 Å². The summed E-state index contributed by atoms with van der Waals surface area (Å²) in [5.41, 5.74) is 4.22. The number of benzene rings is 2. The summed E-state index contributed by atoms with van der Waals surface area (Å²) in [6.45, 7) is 7.45. The van der Waals surface area contributed by atoms with Gasteiger partial charge in [0.15, 0.2) is 0 Å². The Labute approximate surface area is 156 Å². The monoisotopic (exact) mass is 348 g/mol. The van der Waals surface area contributed by atoms with Gasteiger partial charge in [0.2, 0.25) is 5.91 Å². The number of nitrogens with one attached hydrogen (secondary N) is 1. The van der Waals surface area contributed by atoms with Crippen LogP contribution in [-0.2, 0) is 23.2 Å². The molecular weight excluding hydrogens is 320 g/mol. The lowest BCUT2D eigenvalue weighted by Crippen LogP contribution is -2.36. The normalized spacial score (nSPS) is 17.6. The number of carbonyl (C=O) groups excluding carboxylic acids is 1. The zero-order valence-corrected chi connectivity index (χ0v) is 15.8. The highest BCUT2D eigenvalue weighted by Gasteiger charge is 2.32. The Bertz CT molecular complexity index is 793. The van der Waals surface area contributed by atoms with Gasteiger partial charge in [-0.05, 0) is 67.9 Å². The lowest BCUT2D eigenvalue weighted by Gasteiger charge is -2.31. The Morgan fingerprint density at radius 3 is 2.62 bits per heavy atom. The minimum Gasteiger partial charge on any atom is -0.325 e. The van der Waals surface area contributed by atoms with Gasteiger partial charge in [-0.15, -0.1) is 0 Å². The lowest BCUT2D eigenvalue weighted by molar-refractivity contribution is -0.120. The standard InChI is InChI=1S/C23H28N2O/c1-23(2,22(26)24-21-6-4-3-5-7-21)20-11-10-18-12-13-25(15-17-8-9-17)16-19(18)14-20/h3-7,10-11,14,17H,8-9,12-13,15-16H2,1-2H3,(H,24,26). The highest BCUT2D eigenvalue weighted by molar-refractivity contribution is 5.98. The van der Waals surface area contributed by atoms with Gasteiger partial charge in [-0.25, -0.2) is 0 Å². The summed E-state index contributed by atoms with van der Waals surface area (Å²) in [6.07, 6.45) is 3.92. The SMILES string of the molecule is CC(C)(C(=O)Nc1ccccc1)c1ccc2c(c1)CN(CC1CC1)CC2. The van der Waals surface area contributed by atoms with E-state index in [9.17, 15) is 4.79 Å². The van der Waals surface area contributed by atoms with Gasteiger partial charge in [0.25, 0.3) is 0 Å². The van der Waals surface area contributed by atoms with Gasteiger partial charge in [0, 0.05) is 25.3 Å². The molecule has 0 saturated heterocycles. The summed E-state index contributed by atoms with van der Waals surface area (Å²) >= 11 is 0. The molecule has 0 radical (unpaired) electrons. The van der Waals surface area contributed by atoms with Gasteiger partial charge in [0.1, 0.15) is 0 Å². The number of fused-ring (bicyclic) bond motifs is 1. The Hall–Kier alpha value is -2.13. The first-order valence-corrected chi connectivity index (χ1v) is 9.73. The Morgan fingerprint density at radius 1 is 1.12 bits per heavy atom. The number of para-hydroxylation sites is 1. The van der Waals surface area contributed by atoms with E-state index in [2.05, 4.69) is 28.4 Å². The van der Waals surface area contributed by atoms with Crippen LogP contribution in [0.25, 0.3) is 0 Å². The molecule has 3 heteroatoms. The summed E-state index contributed by atoms with van der Waals surface area (Å²) in [4.78, 5) is 15.5. The molecular formula is C23H28N2O. The van der Waals surface area contributed by atoms with Crippen LogP contribution in [-0.4, -0.2) is 23.9 Å². The van der Waals surface area contributed by atoms with Crippen LogP contribution in [0.15, 0.2) is 48.5 Å². The first-order valence-electron chi connectivity index (χ1n) is 9.73. The van der Waals surface area contributed by atoms with Crippen molar-refractivity contribution in [3.8, 4) is 0 Å². The van der Waals surface area contributed by atoms with Crippen molar-refractivity contribution in [3.63, 3.8) is 0 Å². The molecule has 2 aromatic rings. The summed E-state index contributed by atoms with van der Waals surface area (Å²) in [6, 6.07) is 16.3. The van der Waals surface area contributed by atoms with Crippen molar-refractivity contribution in [3.05, 3.63) is 65.2 Å². The zero-order chi connectivity index (χ0) is 18.1. The number of hydrogen-bond acceptors (Lipinski definition) is 2. The number of nitrogens with zero attached hydrogens (tertiary/aromatic N) is 1. The smallest absolute Gasteiger partial charge is 0.234 e. The maximum absolute atomic E-state index is 12.9. The molecule has 26 heavy (non-hydrogen) atoms. The van der Waals surface area contributed by atoms with E-state index in [1.807, 2.05) is 44.2 Å².